The van der Waals surface area contributed by atoms with E-state index in [1.165, 1.54) is 36.4 Å². The molecule has 190 valence electrons. The number of aromatic nitrogens is 2. The molecule has 0 atom stereocenters. The molecule has 37 heavy (non-hydrogen) atoms. The van der Waals surface area contributed by atoms with Gasteiger partial charge in [-0.3, -0.25) is 14.9 Å². The molecule has 0 N–H and O–H groups in total. The molecule has 0 radical (unpaired) electrons. The molecule has 0 aliphatic rings. The molecule has 0 saturated carbocycles. The molecule has 0 fully saturated rings. The van der Waals surface area contributed by atoms with Crippen LogP contribution >= 0.6 is 0 Å². The van der Waals surface area contributed by atoms with E-state index in [9.17, 15) is 40.9 Å². The number of alkyl halides is 3. The van der Waals surface area contributed by atoms with Crippen LogP contribution in [-0.2, 0) is 16.0 Å². The van der Waals surface area contributed by atoms with E-state index in [1.807, 2.05) is 0 Å². The summed E-state index contributed by atoms with van der Waals surface area (Å²) >= 11 is 0. The van der Waals surface area contributed by atoms with Gasteiger partial charge in [0.25, 0.3) is 11.2 Å². The first-order chi connectivity index (χ1) is 17.3. The Hall–Kier alpha value is -4.39. The molecular weight excluding hydrogens is 518 g/mol. The van der Waals surface area contributed by atoms with Crippen molar-refractivity contribution in [2.75, 3.05) is 6.26 Å². The number of nitrogens with zero attached hydrogens (tertiary/aromatic N) is 3. The topological polar surface area (TPSA) is 112 Å². The van der Waals surface area contributed by atoms with Crippen LogP contribution in [-0.4, -0.2) is 29.4 Å². The number of sulfone groups is 1. The number of hydrogen-bond acceptors (Lipinski definition) is 6. The van der Waals surface area contributed by atoms with E-state index in [0.29, 0.717) is 16.3 Å². The van der Waals surface area contributed by atoms with Gasteiger partial charge in [0.2, 0.25) is 0 Å². The molecule has 1 aromatic heterocycles. The zero-order chi connectivity index (χ0) is 27.1. The van der Waals surface area contributed by atoms with Crippen molar-refractivity contribution in [3.05, 3.63) is 105 Å². The molecule has 4 aromatic rings. The highest BCUT2D eigenvalue weighted by Gasteiger charge is 2.36. The van der Waals surface area contributed by atoms with Crippen LogP contribution in [0.4, 0.5) is 23.2 Å². The first kappa shape index (κ1) is 25.7. The zero-order valence-electron chi connectivity index (χ0n) is 18.7. The van der Waals surface area contributed by atoms with E-state index in [2.05, 4.69) is 5.10 Å². The minimum atomic E-state index is -5.06. The average molecular weight is 533 g/mol. The normalized spacial score (nSPS) is 11.9. The molecule has 4 rings (SSSR count). The predicted molar refractivity (Wildman–Crippen MR) is 125 cm³/mol. The minimum Gasteiger partial charge on any atom is -0.267 e. The maximum absolute atomic E-state index is 13.8. The summed E-state index contributed by atoms with van der Waals surface area (Å²) < 4.78 is 79.0. The van der Waals surface area contributed by atoms with Gasteiger partial charge >= 0.3 is 6.18 Å². The molecule has 0 amide bonds. The molecule has 3 aromatic carbocycles. The number of nitro groups is 1. The third-order valence-electron chi connectivity index (χ3n) is 5.43. The summed E-state index contributed by atoms with van der Waals surface area (Å²) in [6.45, 7) is 0. The second-order valence-corrected chi connectivity index (χ2v) is 9.93. The van der Waals surface area contributed by atoms with Crippen molar-refractivity contribution < 1.29 is 30.9 Å². The minimum absolute atomic E-state index is 0.00147. The fourth-order valence-electron chi connectivity index (χ4n) is 3.67. The Kier molecular flexibility index (Phi) is 6.42. The van der Waals surface area contributed by atoms with Crippen molar-refractivity contribution in [2.45, 2.75) is 11.1 Å². The summed E-state index contributed by atoms with van der Waals surface area (Å²) in [5, 5.41) is 14.9. The number of non-ortho nitro benzene ring substituents is 1. The molecule has 0 unspecified atom stereocenters. The van der Waals surface area contributed by atoms with Gasteiger partial charge in [-0.2, -0.15) is 23.0 Å². The van der Waals surface area contributed by atoms with Crippen molar-refractivity contribution in [3.63, 3.8) is 0 Å². The van der Waals surface area contributed by atoms with E-state index in [0.717, 1.165) is 36.7 Å². The van der Waals surface area contributed by atoms with Gasteiger partial charge in [0, 0.05) is 24.0 Å². The number of hydrogen-bond donors (Lipinski definition) is 0. The molecule has 0 spiro atoms. The van der Waals surface area contributed by atoms with E-state index in [1.54, 1.807) is 0 Å². The van der Waals surface area contributed by atoms with Crippen LogP contribution in [0.5, 0.6) is 0 Å². The van der Waals surface area contributed by atoms with Crippen LogP contribution in [0.3, 0.4) is 0 Å². The molecule has 0 saturated heterocycles. The number of halogens is 4. The Bertz CT molecular complexity index is 1680. The maximum atomic E-state index is 13.8. The first-order valence-electron chi connectivity index (χ1n) is 10.3. The van der Waals surface area contributed by atoms with Gasteiger partial charge in [-0.1, -0.05) is 24.3 Å². The van der Waals surface area contributed by atoms with Crippen molar-refractivity contribution >= 4 is 15.5 Å². The zero-order valence-corrected chi connectivity index (χ0v) is 19.5. The highest BCUT2D eigenvalue weighted by atomic mass is 32.2. The third kappa shape index (κ3) is 5.11. The van der Waals surface area contributed by atoms with Crippen LogP contribution in [0.15, 0.2) is 82.6 Å². The summed E-state index contributed by atoms with van der Waals surface area (Å²) in [5.74, 6) is -0.619. The van der Waals surface area contributed by atoms with Gasteiger partial charge in [-0.15, -0.1) is 0 Å². The lowest BCUT2D eigenvalue weighted by molar-refractivity contribution is -0.385. The maximum Gasteiger partial charge on any atom is 0.418 e. The standard InChI is InChI=1S/C24H15F4N3O5S/c1-37(35,36)18-9-4-14(5-10-18)19-13-29-30(23(32)22(19)15-2-6-16(25)7-3-15)21-11-8-17(31(33)34)12-20(21)24(26,27)28/h2-13H,1H3. The monoisotopic (exact) mass is 533 g/mol. The van der Waals surface area contributed by atoms with E-state index < -0.39 is 49.3 Å². The summed E-state index contributed by atoms with van der Waals surface area (Å²) in [4.78, 5) is 23.6. The van der Waals surface area contributed by atoms with Gasteiger partial charge in [-0.25, -0.2) is 12.8 Å². The Morgan fingerprint density at radius 3 is 2.08 bits per heavy atom. The Balaban J connectivity index is 2.01. The first-order valence-corrected chi connectivity index (χ1v) is 12.2. The Morgan fingerprint density at radius 2 is 1.54 bits per heavy atom. The Labute approximate surface area is 206 Å². The quantitative estimate of drug-likeness (QED) is 0.202. The van der Waals surface area contributed by atoms with Gasteiger partial charge < -0.3 is 0 Å². The van der Waals surface area contributed by atoms with Crippen molar-refractivity contribution in [1.29, 1.82) is 0 Å². The lowest BCUT2D eigenvalue weighted by Gasteiger charge is -2.16. The smallest absolute Gasteiger partial charge is 0.267 e. The predicted octanol–water partition coefficient (Wildman–Crippen LogP) is 5.04. The molecule has 0 bridgehead atoms. The SMILES string of the molecule is CS(=O)(=O)c1ccc(-c2cnn(-c3ccc([N+](=O)[O-])cc3C(F)(F)F)c(=O)c2-c2ccc(F)cc2)cc1. The third-order valence-corrected chi connectivity index (χ3v) is 6.56. The van der Waals surface area contributed by atoms with Gasteiger partial charge in [0.1, 0.15) is 5.82 Å². The second kappa shape index (κ2) is 9.24. The van der Waals surface area contributed by atoms with Crippen LogP contribution in [0.25, 0.3) is 27.9 Å². The molecule has 0 aliphatic heterocycles. The molecule has 1 heterocycles. The highest BCUT2D eigenvalue weighted by molar-refractivity contribution is 7.90. The number of benzene rings is 3. The summed E-state index contributed by atoms with van der Waals surface area (Å²) in [6, 6.07) is 11.9. The average Bonchev–Trinajstić information content (AvgIpc) is 2.83. The fourth-order valence-corrected chi connectivity index (χ4v) is 4.30. The summed E-state index contributed by atoms with van der Waals surface area (Å²) in [6.07, 6.45) is -2.94. The summed E-state index contributed by atoms with van der Waals surface area (Å²) in [7, 11) is -3.53. The molecule has 0 aliphatic carbocycles. The van der Waals surface area contributed by atoms with E-state index >= 15 is 0 Å². The lowest BCUT2D eigenvalue weighted by Crippen LogP contribution is -2.26. The van der Waals surface area contributed by atoms with Crippen LogP contribution < -0.4 is 5.56 Å². The van der Waals surface area contributed by atoms with E-state index in [-0.39, 0.29) is 21.6 Å². The number of rotatable bonds is 5. The van der Waals surface area contributed by atoms with Gasteiger partial charge in [-0.05, 0) is 41.5 Å². The van der Waals surface area contributed by atoms with Crippen LogP contribution in [0, 0.1) is 15.9 Å². The molecule has 13 heteroatoms. The molecule has 8 nitrogen and oxygen atoms in total. The summed E-state index contributed by atoms with van der Waals surface area (Å²) in [5.41, 5.74) is -3.57. The second-order valence-electron chi connectivity index (χ2n) is 7.91. The fraction of sp³-hybridized carbons (Fsp3) is 0.0833. The largest absolute Gasteiger partial charge is 0.418 e. The number of nitro benzene ring substituents is 1. The lowest BCUT2D eigenvalue weighted by atomic mass is 9.97. The van der Waals surface area contributed by atoms with Crippen LogP contribution in [0.2, 0.25) is 0 Å². The van der Waals surface area contributed by atoms with Crippen molar-refractivity contribution in [1.82, 2.24) is 9.78 Å². The van der Waals surface area contributed by atoms with Crippen LogP contribution in [0.1, 0.15) is 5.56 Å². The van der Waals surface area contributed by atoms with E-state index in [4.69, 9.17) is 0 Å². The van der Waals surface area contributed by atoms with Gasteiger partial charge in [0.05, 0.1) is 32.8 Å². The van der Waals surface area contributed by atoms with Crippen molar-refractivity contribution in [2.24, 2.45) is 0 Å². The van der Waals surface area contributed by atoms with Gasteiger partial charge in [0.15, 0.2) is 9.84 Å². The van der Waals surface area contributed by atoms with Crippen molar-refractivity contribution in [3.8, 4) is 27.9 Å². The highest BCUT2D eigenvalue weighted by Crippen LogP contribution is 2.36. The Morgan fingerprint density at radius 1 is 0.946 bits per heavy atom. The molecular formula is C24H15F4N3O5S.